The summed E-state index contributed by atoms with van der Waals surface area (Å²) in [7, 11) is -5.89. The number of amidine groups is 1. The van der Waals surface area contributed by atoms with Gasteiger partial charge >= 0.3 is 0 Å². The number of oxime groups is 1. The summed E-state index contributed by atoms with van der Waals surface area (Å²) in [6.07, 6.45) is 0.954. The third kappa shape index (κ3) is 5.33. The molecule has 1 atom stereocenters. The molecule has 0 fully saturated rings. The van der Waals surface area contributed by atoms with E-state index in [9.17, 15) is 16.8 Å². The summed E-state index contributed by atoms with van der Waals surface area (Å²) in [6.45, 7) is 1.42. The SMILES string of the molecule is CC(C(N)=NO)N(C)S(=O)(=O)CCS(C)(=O)=O. The summed E-state index contributed by atoms with van der Waals surface area (Å²) in [5, 5.41) is 11.1. The minimum Gasteiger partial charge on any atom is -0.409 e. The van der Waals surface area contributed by atoms with E-state index >= 15 is 0 Å². The first kappa shape index (κ1) is 16.1. The second-order valence-corrected chi connectivity index (χ2v) is 8.07. The van der Waals surface area contributed by atoms with Gasteiger partial charge in [-0.25, -0.2) is 16.8 Å². The molecule has 0 aromatic carbocycles. The van der Waals surface area contributed by atoms with E-state index in [2.05, 4.69) is 5.16 Å². The van der Waals surface area contributed by atoms with Crippen LogP contribution in [-0.4, -0.2) is 63.0 Å². The molecule has 0 radical (unpaired) electrons. The van der Waals surface area contributed by atoms with Crippen LogP contribution in [0.2, 0.25) is 0 Å². The Hall–Kier alpha value is -0.870. The standard InChI is InChI=1S/C7H17N3O5S2/c1-6(7(8)9-11)10(2)17(14,15)5-4-16(3,12)13/h6,11H,4-5H2,1-3H3,(H2,8,9). The zero-order chi connectivity index (χ0) is 13.9. The highest BCUT2D eigenvalue weighted by Gasteiger charge is 2.26. The fraction of sp³-hybridized carbons (Fsp3) is 0.857. The molecule has 0 saturated heterocycles. The molecule has 17 heavy (non-hydrogen) atoms. The van der Waals surface area contributed by atoms with Crippen LogP contribution >= 0.6 is 0 Å². The number of likely N-dealkylation sites (N-methyl/N-ethyl adjacent to an activating group) is 1. The van der Waals surface area contributed by atoms with Gasteiger partial charge in [0.05, 0.1) is 17.5 Å². The molecule has 0 aliphatic heterocycles. The lowest BCUT2D eigenvalue weighted by Gasteiger charge is -2.22. The summed E-state index contributed by atoms with van der Waals surface area (Å²) >= 11 is 0. The normalized spacial score (nSPS) is 16.1. The van der Waals surface area contributed by atoms with E-state index in [1.54, 1.807) is 0 Å². The first-order valence-corrected chi connectivity index (χ1v) is 8.29. The van der Waals surface area contributed by atoms with E-state index in [0.29, 0.717) is 0 Å². The molecule has 0 aromatic heterocycles. The lowest BCUT2D eigenvalue weighted by molar-refractivity contribution is 0.311. The molecule has 1 unspecified atom stereocenters. The van der Waals surface area contributed by atoms with E-state index in [-0.39, 0.29) is 5.84 Å². The first-order valence-electron chi connectivity index (χ1n) is 4.62. The average molecular weight is 287 g/mol. The van der Waals surface area contributed by atoms with Crippen LogP contribution < -0.4 is 5.73 Å². The molecule has 3 N–H and O–H groups in total. The zero-order valence-corrected chi connectivity index (χ0v) is 11.5. The average Bonchev–Trinajstić information content (AvgIpc) is 2.22. The Morgan fingerprint density at radius 2 is 1.82 bits per heavy atom. The van der Waals surface area contributed by atoms with Gasteiger partial charge in [0.1, 0.15) is 9.84 Å². The van der Waals surface area contributed by atoms with Gasteiger partial charge in [0, 0.05) is 13.3 Å². The van der Waals surface area contributed by atoms with Crippen LogP contribution in [0.25, 0.3) is 0 Å². The molecule has 0 rings (SSSR count). The quantitative estimate of drug-likeness (QED) is 0.262. The van der Waals surface area contributed by atoms with Gasteiger partial charge in [-0.05, 0) is 6.92 Å². The van der Waals surface area contributed by atoms with Crippen molar-refractivity contribution >= 4 is 25.7 Å². The van der Waals surface area contributed by atoms with E-state index in [1.807, 2.05) is 0 Å². The van der Waals surface area contributed by atoms with Crippen LogP contribution in [0.1, 0.15) is 6.92 Å². The van der Waals surface area contributed by atoms with Crippen LogP contribution in [0.15, 0.2) is 5.16 Å². The van der Waals surface area contributed by atoms with Crippen molar-refractivity contribution in [3.8, 4) is 0 Å². The zero-order valence-electron chi connectivity index (χ0n) is 9.86. The number of rotatable bonds is 6. The third-order valence-corrected chi connectivity index (χ3v) is 5.36. The summed E-state index contributed by atoms with van der Waals surface area (Å²) in [5.74, 6) is -1.27. The molecule has 0 aliphatic rings. The lowest BCUT2D eigenvalue weighted by atomic mass is 10.3. The minimum absolute atomic E-state index is 0.268. The lowest BCUT2D eigenvalue weighted by Crippen LogP contribution is -2.45. The van der Waals surface area contributed by atoms with Crippen LogP contribution in [0.4, 0.5) is 0 Å². The molecular formula is C7H17N3O5S2. The molecular weight excluding hydrogens is 270 g/mol. The van der Waals surface area contributed by atoms with Crippen molar-refractivity contribution in [2.75, 3.05) is 24.8 Å². The Bertz CT molecular complexity index is 482. The molecule has 0 heterocycles. The molecule has 0 aliphatic carbocycles. The number of sulfonamides is 1. The van der Waals surface area contributed by atoms with E-state index < -0.39 is 37.4 Å². The van der Waals surface area contributed by atoms with Crippen molar-refractivity contribution in [2.24, 2.45) is 10.9 Å². The maximum atomic E-state index is 11.7. The Balaban J connectivity index is 4.84. The number of sulfone groups is 1. The fourth-order valence-electron chi connectivity index (χ4n) is 0.911. The van der Waals surface area contributed by atoms with Crippen molar-refractivity contribution in [1.82, 2.24) is 4.31 Å². The van der Waals surface area contributed by atoms with Gasteiger partial charge in [0.25, 0.3) is 0 Å². The van der Waals surface area contributed by atoms with Gasteiger partial charge in [0.15, 0.2) is 5.84 Å². The second kappa shape index (κ2) is 5.65. The van der Waals surface area contributed by atoms with Crippen LogP contribution in [0.5, 0.6) is 0 Å². The highest BCUT2D eigenvalue weighted by molar-refractivity contribution is 7.93. The molecule has 0 spiro atoms. The van der Waals surface area contributed by atoms with Crippen LogP contribution in [-0.2, 0) is 19.9 Å². The van der Waals surface area contributed by atoms with E-state index in [0.717, 1.165) is 10.6 Å². The molecule has 102 valence electrons. The Kier molecular flexibility index (Phi) is 5.36. The van der Waals surface area contributed by atoms with Gasteiger partial charge in [-0.2, -0.15) is 4.31 Å². The third-order valence-electron chi connectivity index (χ3n) is 2.24. The molecule has 0 aromatic rings. The largest absolute Gasteiger partial charge is 0.409 e. The minimum atomic E-state index is -3.77. The highest BCUT2D eigenvalue weighted by atomic mass is 32.2. The van der Waals surface area contributed by atoms with Crippen LogP contribution in [0.3, 0.4) is 0 Å². The predicted octanol–water partition coefficient (Wildman–Crippen LogP) is -1.57. The Morgan fingerprint density at radius 3 is 2.18 bits per heavy atom. The van der Waals surface area contributed by atoms with Gasteiger partial charge in [-0.3, -0.25) is 0 Å². The fourth-order valence-corrected chi connectivity index (χ4v) is 3.84. The topological polar surface area (TPSA) is 130 Å². The maximum Gasteiger partial charge on any atom is 0.215 e. The number of hydrogen-bond donors (Lipinski definition) is 2. The molecule has 0 saturated carbocycles. The predicted molar refractivity (Wildman–Crippen MR) is 64.1 cm³/mol. The summed E-state index contributed by atoms with van der Waals surface area (Å²) in [4.78, 5) is 0. The number of nitrogens with two attached hydrogens (primary N) is 1. The van der Waals surface area contributed by atoms with Gasteiger partial charge in [0.2, 0.25) is 10.0 Å². The van der Waals surface area contributed by atoms with Crippen molar-refractivity contribution in [3.63, 3.8) is 0 Å². The van der Waals surface area contributed by atoms with E-state index in [4.69, 9.17) is 10.9 Å². The van der Waals surface area contributed by atoms with Crippen molar-refractivity contribution in [2.45, 2.75) is 13.0 Å². The summed E-state index contributed by atoms with van der Waals surface area (Å²) < 4.78 is 46.1. The summed E-state index contributed by atoms with van der Waals surface area (Å²) in [6, 6.07) is -0.843. The number of nitrogens with zero attached hydrogens (tertiary/aromatic N) is 2. The Labute approximate surface area is 101 Å². The molecule has 0 amide bonds. The molecule has 8 nitrogen and oxygen atoms in total. The Morgan fingerprint density at radius 1 is 1.35 bits per heavy atom. The van der Waals surface area contributed by atoms with Crippen LogP contribution in [0, 0.1) is 0 Å². The highest BCUT2D eigenvalue weighted by Crippen LogP contribution is 2.05. The van der Waals surface area contributed by atoms with Crippen molar-refractivity contribution in [3.05, 3.63) is 0 Å². The van der Waals surface area contributed by atoms with Gasteiger partial charge in [-0.15, -0.1) is 0 Å². The maximum absolute atomic E-state index is 11.7. The smallest absolute Gasteiger partial charge is 0.215 e. The monoisotopic (exact) mass is 287 g/mol. The van der Waals surface area contributed by atoms with Crippen molar-refractivity contribution < 1.29 is 22.0 Å². The van der Waals surface area contributed by atoms with Gasteiger partial charge in [-0.1, -0.05) is 5.16 Å². The summed E-state index contributed by atoms with van der Waals surface area (Å²) in [5.41, 5.74) is 5.27. The number of hydrogen-bond acceptors (Lipinski definition) is 6. The second-order valence-electron chi connectivity index (χ2n) is 3.66. The molecule has 10 heteroatoms. The van der Waals surface area contributed by atoms with E-state index in [1.165, 1.54) is 14.0 Å². The van der Waals surface area contributed by atoms with Crippen molar-refractivity contribution in [1.29, 1.82) is 0 Å². The molecule has 0 bridgehead atoms. The van der Waals surface area contributed by atoms with Gasteiger partial charge < -0.3 is 10.9 Å². The first-order chi connectivity index (χ1) is 7.51.